The number of ether oxygens (including phenoxy) is 2. The van der Waals surface area contributed by atoms with Crippen molar-refractivity contribution in [3.05, 3.63) is 23.3 Å². The molecule has 0 unspecified atom stereocenters. The molecule has 86 valence electrons. The van der Waals surface area contributed by atoms with Gasteiger partial charge in [0.2, 0.25) is 0 Å². The molecule has 1 aromatic rings. The van der Waals surface area contributed by atoms with Crippen molar-refractivity contribution in [1.82, 2.24) is 0 Å². The van der Waals surface area contributed by atoms with E-state index in [9.17, 15) is 4.79 Å². The number of carbonyl (C=O) groups excluding carboxylic acids is 1. The molecule has 1 aliphatic heterocycles. The lowest BCUT2D eigenvalue weighted by atomic mass is 10.0. The fraction of sp³-hybridized carbons (Fsp3) is 0.417. The van der Waals surface area contributed by atoms with Crippen molar-refractivity contribution in [3.63, 3.8) is 0 Å². The van der Waals surface area contributed by atoms with E-state index in [1.165, 1.54) is 0 Å². The highest BCUT2D eigenvalue weighted by Crippen LogP contribution is 2.33. The Bertz CT molecular complexity index is 415. The number of fused-ring (bicyclic) bond motifs is 1. The Morgan fingerprint density at radius 3 is 2.56 bits per heavy atom. The third-order valence-corrected chi connectivity index (χ3v) is 2.56. The first-order valence-corrected chi connectivity index (χ1v) is 5.36. The Morgan fingerprint density at radius 2 is 1.94 bits per heavy atom. The number of carbonyl (C=O) groups is 1. The van der Waals surface area contributed by atoms with Crippen molar-refractivity contribution in [2.24, 2.45) is 5.73 Å². The summed E-state index contributed by atoms with van der Waals surface area (Å²) in [7, 11) is 0. The van der Waals surface area contributed by atoms with Crippen LogP contribution in [0.1, 0.15) is 22.3 Å². The van der Waals surface area contributed by atoms with E-state index in [4.69, 9.17) is 15.2 Å². The molecule has 4 nitrogen and oxygen atoms in total. The lowest BCUT2D eigenvalue weighted by molar-refractivity contribution is 0.0983. The fourth-order valence-corrected chi connectivity index (χ4v) is 1.76. The van der Waals surface area contributed by atoms with E-state index < -0.39 is 0 Å². The SMILES string of the molecule is Cc1cc2c(cc1C(=O)CCN)OCCO2. The summed E-state index contributed by atoms with van der Waals surface area (Å²) >= 11 is 0. The predicted octanol–water partition coefficient (Wildman–Crippen LogP) is 1.30. The Hall–Kier alpha value is -1.55. The largest absolute Gasteiger partial charge is 0.486 e. The van der Waals surface area contributed by atoms with Gasteiger partial charge in [0.05, 0.1) is 0 Å². The van der Waals surface area contributed by atoms with Crippen molar-refractivity contribution < 1.29 is 14.3 Å². The third-order valence-electron chi connectivity index (χ3n) is 2.56. The van der Waals surface area contributed by atoms with Crippen LogP contribution in [0.15, 0.2) is 12.1 Å². The summed E-state index contributed by atoms with van der Waals surface area (Å²) in [6.45, 7) is 3.35. The number of ketones is 1. The second-order valence-electron chi connectivity index (χ2n) is 3.77. The van der Waals surface area contributed by atoms with Crippen LogP contribution < -0.4 is 15.2 Å². The fourth-order valence-electron chi connectivity index (χ4n) is 1.76. The number of nitrogens with two attached hydrogens (primary N) is 1. The first-order valence-electron chi connectivity index (χ1n) is 5.36. The van der Waals surface area contributed by atoms with Gasteiger partial charge in [-0.05, 0) is 31.2 Å². The number of hydrogen-bond donors (Lipinski definition) is 1. The molecular formula is C12H15NO3. The van der Waals surface area contributed by atoms with Gasteiger partial charge in [-0.2, -0.15) is 0 Å². The topological polar surface area (TPSA) is 61.6 Å². The van der Waals surface area contributed by atoms with Gasteiger partial charge < -0.3 is 15.2 Å². The lowest BCUT2D eigenvalue weighted by Crippen LogP contribution is -2.17. The van der Waals surface area contributed by atoms with E-state index in [0.29, 0.717) is 43.2 Å². The summed E-state index contributed by atoms with van der Waals surface area (Å²) < 4.78 is 10.9. The molecule has 2 N–H and O–H groups in total. The van der Waals surface area contributed by atoms with Gasteiger partial charge in [0.1, 0.15) is 13.2 Å². The van der Waals surface area contributed by atoms with Crippen molar-refractivity contribution in [1.29, 1.82) is 0 Å². The van der Waals surface area contributed by atoms with Crippen molar-refractivity contribution in [2.75, 3.05) is 19.8 Å². The number of Topliss-reactive ketones (excluding diaryl/α,β-unsaturated/α-hetero) is 1. The number of hydrogen-bond acceptors (Lipinski definition) is 4. The molecule has 0 bridgehead atoms. The van der Waals surface area contributed by atoms with E-state index in [0.717, 1.165) is 5.56 Å². The molecule has 1 aliphatic rings. The van der Waals surface area contributed by atoms with Gasteiger partial charge >= 0.3 is 0 Å². The van der Waals surface area contributed by atoms with Gasteiger partial charge in [0.25, 0.3) is 0 Å². The van der Waals surface area contributed by atoms with E-state index in [1.54, 1.807) is 6.07 Å². The minimum Gasteiger partial charge on any atom is -0.486 e. The molecule has 1 aromatic carbocycles. The van der Waals surface area contributed by atoms with E-state index in [-0.39, 0.29) is 5.78 Å². The highest BCUT2D eigenvalue weighted by molar-refractivity contribution is 5.98. The molecule has 0 aromatic heterocycles. The van der Waals surface area contributed by atoms with E-state index in [1.807, 2.05) is 13.0 Å². The lowest BCUT2D eigenvalue weighted by Gasteiger charge is -2.20. The van der Waals surface area contributed by atoms with Crippen LogP contribution in [-0.4, -0.2) is 25.5 Å². The monoisotopic (exact) mass is 221 g/mol. The normalized spacial score (nSPS) is 13.6. The van der Waals surface area contributed by atoms with Crippen molar-refractivity contribution in [2.45, 2.75) is 13.3 Å². The van der Waals surface area contributed by atoms with Crippen LogP contribution in [0, 0.1) is 6.92 Å². The van der Waals surface area contributed by atoms with Gasteiger partial charge in [-0.1, -0.05) is 0 Å². The maximum atomic E-state index is 11.8. The maximum Gasteiger partial charge on any atom is 0.164 e. The van der Waals surface area contributed by atoms with Gasteiger partial charge in [0, 0.05) is 12.0 Å². The van der Waals surface area contributed by atoms with Crippen LogP contribution in [0.4, 0.5) is 0 Å². The zero-order chi connectivity index (χ0) is 11.5. The summed E-state index contributed by atoms with van der Waals surface area (Å²) in [5, 5.41) is 0. The zero-order valence-corrected chi connectivity index (χ0v) is 9.29. The molecule has 4 heteroatoms. The average Bonchev–Trinajstić information content (AvgIpc) is 2.28. The van der Waals surface area contributed by atoms with Gasteiger partial charge in [-0.3, -0.25) is 4.79 Å². The molecule has 0 spiro atoms. The molecular weight excluding hydrogens is 206 g/mol. The quantitative estimate of drug-likeness (QED) is 0.781. The molecule has 0 saturated heterocycles. The van der Waals surface area contributed by atoms with Crippen LogP contribution in [0.5, 0.6) is 11.5 Å². The van der Waals surface area contributed by atoms with Gasteiger partial charge in [-0.25, -0.2) is 0 Å². The van der Waals surface area contributed by atoms with Gasteiger partial charge in [-0.15, -0.1) is 0 Å². The zero-order valence-electron chi connectivity index (χ0n) is 9.29. The third kappa shape index (κ3) is 2.02. The van der Waals surface area contributed by atoms with E-state index >= 15 is 0 Å². The Labute approximate surface area is 94.3 Å². The molecule has 0 atom stereocenters. The van der Waals surface area contributed by atoms with E-state index in [2.05, 4.69) is 0 Å². The summed E-state index contributed by atoms with van der Waals surface area (Å²) in [5.41, 5.74) is 6.96. The summed E-state index contributed by atoms with van der Waals surface area (Å²) in [5.74, 6) is 1.42. The van der Waals surface area contributed by atoms with Crippen LogP contribution in [0.25, 0.3) is 0 Å². The highest BCUT2D eigenvalue weighted by atomic mass is 16.6. The standard InChI is InChI=1S/C12H15NO3/c1-8-6-11-12(16-5-4-15-11)7-9(8)10(14)2-3-13/h6-7H,2-5,13H2,1H3. The number of benzene rings is 1. The molecule has 0 amide bonds. The number of rotatable bonds is 3. The molecule has 1 heterocycles. The van der Waals surface area contributed by atoms with Crippen LogP contribution in [0.3, 0.4) is 0 Å². The Balaban J connectivity index is 2.35. The molecule has 0 fully saturated rings. The first-order chi connectivity index (χ1) is 7.72. The highest BCUT2D eigenvalue weighted by Gasteiger charge is 2.17. The summed E-state index contributed by atoms with van der Waals surface area (Å²) in [6.07, 6.45) is 0.362. The maximum absolute atomic E-state index is 11.8. The minimum absolute atomic E-state index is 0.0528. The number of aryl methyl sites for hydroxylation is 1. The molecule has 16 heavy (non-hydrogen) atoms. The predicted molar refractivity (Wildman–Crippen MR) is 60.2 cm³/mol. The minimum atomic E-state index is 0.0528. The van der Waals surface area contributed by atoms with Crippen LogP contribution in [0.2, 0.25) is 0 Å². The molecule has 0 saturated carbocycles. The summed E-state index contributed by atoms with van der Waals surface area (Å²) in [6, 6.07) is 3.60. The van der Waals surface area contributed by atoms with Gasteiger partial charge in [0.15, 0.2) is 17.3 Å². The van der Waals surface area contributed by atoms with Crippen molar-refractivity contribution >= 4 is 5.78 Å². The molecule has 0 radical (unpaired) electrons. The van der Waals surface area contributed by atoms with Crippen LogP contribution in [-0.2, 0) is 0 Å². The molecule has 0 aliphatic carbocycles. The summed E-state index contributed by atoms with van der Waals surface area (Å²) in [4.78, 5) is 11.8. The van der Waals surface area contributed by atoms with Crippen molar-refractivity contribution in [3.8, 4) is 11.5 Å². The Kier molecular flexibility index (Phi) is 3.10. The second-order valence-corrected chi connectivity index (χ2v) is 3.77. The molecule has 2 rings (SSSR count). The first kappa shape index (κ1) is 11.0. The average molecular weight is 221 g/mol. The Morgan fingerprint density at radius 1 is 1.31 bits per heavy atom. The smallest absolute Gasteiger partial charge is 0.164 e. The second kappa shape index (κ2) is 4.53. The van der Waals surface area contributed by atoms with Crippen LogP contribution >= 0.6 is 0 Å².